The minimum absolute atomic E-state index is 0.0516. The number of nitriles is 2. The van der Waals surface area contributed by atoms with Gasteiger partial charge in [0, 0.05) is 30.0 Å². The summed E-state index contributed by atoms with van der Waals surface area (Å²) in [6.07, 6.45) is 6.61. The average molecular weight is 532 g/mol. The lowest BCUT2D eigenvalue weighted by Gasteiger charge is -2.22. The van der Waals surface area contributed by atoms with Gasteiger partial charge in [-0.2, -0.15) is 10.5 Å². The third kappa shape index (κ3) is 5.57. The molecule has 40 heavy (non-hydrogen) atoms. The molecule has 198 valence electrons. The number of anilines is 2. The van der Waals surface area contributed by atoms with E-state index in [1.54, 1.807) is 47.5 Å². The first-order valence-corrected chi connectivity index (χ1v) is 12.6. The summed E-state index contributed by atoms with van der Waals surface area (Å²) in [5.41, 5.74) is 4.44. The Hall–Kier alpha value is -5.35. The molecule has 3 aromatic heterocycles. The van der Waals surface area contributed by atoms with Gasteiger partial charge in [0.2, 0.25) is 0 Å². The molecule has 0 saturated heterocycles. The molecule has 0 radical (unpaired) electrons. The van der Waals surface area contributed by atoms with Crippen molar-refractivity contribution in [2.45, 2.75) is 26.8 Å². The molecule has 10 heteroatoms. The van der Waals surface area contributed by atoms with Crippen LogP contribution in [-0.4, -0.2) is 31.5 Å². The molecule has 1 atom stereocenters. The summed E-state index contributed by atoms with van der Waals surface area (Å²) in [5.74, 6) is -0.358. The molecule has 0 bridgehead atoms. The van der Waals surface area contributed by atoms with E-state index >= 15 is 0 Å². The van der Waals surface area contributed by atoms with Crippen molar-refractivity contribution in [1.82, 2.24) is 25.0 Å². The minimum atomic E-state index is -0.534. The minimum Gasteiger partial charge on any atom is -0.383 e. The molecule has 9 nitrogen and oxygen atoms in total. The first-order valence-electron chi connectivity index (χ1n) is 12.6. The van der Waals surface area contributed by atoms with Gasteiger partial charge in [0.15, 0.2) is 0 Å². The second-order valence-electron chi connectivity index (χ2n) is 10.5. The zero-order chi connectivity index (χ0) is 28.3. The Morgan fingerprint density at radius 1 is 1.02 bits per heavy atom. The van der Waals surface area contributed by atoms with Gasteiger partial charge < -0.3 is 10.6 Å². The number of hydrogen-bond acceptors (Lipinski definition) is 8. The van der Waals surface area contributed by atoms with Gasteiger partial charge in [-0.1, -0.05) is 38.1 Å². The van der Waals surface area contributed by atoms with Crippen molar-refractivity contribution in [1.29, 1.82) is 10.5 Å². The summed E-state index contributed by atoms with van der Waals surface area (Å²) in [4.78, 5) is 8.57. The Balaban J connectivity index is 1.61. The van der Waals surface area contributed by atoms with Crippen LogP contribution < -0.4 is 10.6 Å². The zero-order valence-electron chi connectivity index (χ0n) is 22.2. The van der Waals surface area contributed by atoms with Crippen LogP contribution in [-0.2, 0) is 0 Å². The van der Waals surface area contributed by atoms with Crippen LogP contribution in [0.25, 0.3) is 16.6 Å². The van der Waals surface area contributed by atoms with Crippen LogP contribution >= 0.6 is 0 Å². The van der Waals surface area contributed by atoms with Gasteiger partial charge in [-0.05, 0) is 47.4 Å². The molecule has 0 aliphatic heterocycles. The van der Waals surface area contributed by atoms with E-state index < -0.39 is 6.04 Å². The van der Waals surface area contributed by atoms with Gasteiger partial charge in [0.05, 0.1) is 46.5 Å². The van der Waals surface area contributed by atoms with Crippen LogP contribution in [0.1, 0.15) is 49.2 Å². The molecule has 0 aliphatic carbocycles. The van der Waals surface area contributed by atoms with Gasteiger partial charge >= 0.3 is 0 Å². The van der Waals surface area contributed by atoms with E-state index in [0.29, 0.717) is 45.6 Å². The first-order chi connectivity index (χ1) is 19.3. The van der Waals surface area contributed by atoms with Gasteiger partial charge in [-0.15, -0.1) is 5.10 Å². The Morgan fingerprint density at radius 2 is 1.80 bits per heavy atom. The van der Waals surface area contributed by atoms with Gasteiger partial charge in [-0.3, -0.25) is 9.97 Å². The van der Waals surface area contributed by atoms with Gasteiger partial charge in [0.1, 0.15) is 23.6 Å². The molecule has 0 fully saturated rings. The molecule has 0 aliphatic rings. The topological polar surface area (TPSA) is 128 Å². The van der Waals surface area contributed by atoms with Crippen molar-refractivity contribution in [2.24, 2.45) is 5.41 Å². The number of aromatic nitrogens is 5. The molecule has 0 saturated carbocycles. The third-order valence-corrected chi connectivity index (χ3v) is 6.24. The van der Waals surface area contributed by atoms with Crippen LogP contribution in [0.2, 0.25) is 0 Å². The second kappa shape index (κ2) is 10.8. The van der Waals surface area contributed by atoms with Crippen molar-refractivity contribution in [3.63, 3.8) is 0 Å². The van der Waals surface area contributed by atoms with E-state index in [1.807, 2.05) is 12.1 Å². The Morgan fingerprint density at radius 3 is 2.48 bits per heavy atom. The molecule has 5 aromatic rings. The van der Waals surface area contributed by atoms with E-state index in [-0.39, 0.29) is 11.2 Å². The molecular weight excluding hydrogens is 505 g/mol. The predicted molar refractivity (Wildman–Crippen MR) is 150 cm³/mol. The van der Waals surface area contributed by atoms with E-state index in [2.05, 4.69) is 63.8 Å². The highest BCUT2D eigenvalue weighted by atomic mass is 19.1. The number of nitrogens with one attached hydrogen (secondary N) is 2. The number of hydrogen-bond donors (Lipinski definition) is 2. The van der Waals surface area contributed by atoms with Crippen LogP contribution in [0.5, 0.6) is 0 Å². The summed E-state index contributed by atoms with van der Waals surface area (Å²) in [7, 11) is 0. The Bertz CT molecular complexity index is 1740. The largest absolute Gasteiger partial charge is 0.383 e. The van der Waals surface area contributed by atoms with Gasteiger partial charge in [0.25, 0.3) is 0 Å². The Labute approximate surface area is 230 Å². The highest BCUT2D eigenvalue weighted by Crippen LogP contribution is 2.34. The quantitative estimate of drug-likeness (QED) is 0.272. The van der Waals surface area contributed by atoms with Crippen molar-refractivity contribution in [2.75, 3.05) is 17.2 Å². The molecule has 0 spiro atoms. The maximum Gasteiger partial charge on any atom is 0.123 e. The fraction of sp³-hybridized carbons (Fsp3) is 0.200. The van der Waals surface area contributed by atoms with E-state index in [4.69, 9.17) is 0 Å². The van der Waals surface area contributed by atoms with Crippen LogP contribution in [0, 0.1) is 33.9 Å². The third-order valence-electron chi connectivity index (χ3n) is 6.24. The van der Waals surface area contributed by atoms with Crippen LogP contribution in [0.4, 0.5) is 15.8 Å². The number of pyridine rings is 2. The van der Waals surface area contributed by atoms with E-state index in [9.17, 15) is 14.9 Å². The standard InChI is InChI=1S/C30H26FN9/c1-30(2,3)18-36-28-21(14-33)15-35-27-20(13-32)11-23(12-25(27)28)37-29(19-6-8-22(31)9-7-19)26-17-40(39-38-26)24-5-4-10-34-16-24/h4-12,15-17,29,37H,18H2,1-3H3,(H,35,36). The van der Waals surface area contributed by atoms with Crippen LogP contribution in [0.15, 0.2) is 73.3 Å². The zero-order valence-corrected chi connectivity index (χ0v) is 22.2. The number of benzene rings is 2. The molecule has 3 heterocycles. The number of fused-ring (bicyclic) bond motifs is 1. The summed E-state index contributed by atoms with van der Waals surface area (Å²) in [5, 5.41) is 35.9. The lowest BCUT2D eigenvalue weighted by atomic mass is 9.96. The molecule has 1 unspecified atom stereocenters. The van der Waals surface area contributed by atoms with Crippen molar-refractivity contribution in [3.05, 3.63) is 102 Å². The number of halogens is 1. The summed E-state index contributed by atoms with van der Waals surface area (Å²) in [6, 6.07) is 17.3. The number of rotatable bonds is 7. The molecular formula is C30H26FN9. The summed E-state index contributed by atoms with van der Waals surface area (Å²) >= 11 is 0. The predicted octanol–water partition coefficient (Wildman–Crippen LogP) is 5.75. The molecule has 2 aromatic carbocycles. The SMILES string of the molecule is CC(C)(C)CNc1c(C#N)cnc2c(C#N)cc(NC(c3ccc(F)cc3)c3cn(-c4cccnc4)nn3)cc12. The molecule has 0 amide bonds. The van der Waals surface area contributed by atoms with Crippen molar-refractivity contribution < 1.29 is 4.39 Å². The number of nitrogens with zero attached hydrogens (tertiary/aromatic N) is 7. The normalized spacial score (nSPS) is 11.9. The average Bonchev–Trinajstić information content (AvgIpc) is 3.45. The summed E-state index contributed by atoms with van der Waals surface area (Å²) < 4.78 is 15.4. The van der Waals surface area contributed by atoms with Crippen molar-refractivity contribution in [3.8, 4) is 17.8 Å². The van der Waals surface area contributed by atoms with Gasteiger partial charge in [-0.25, -0.2) is 9.07 Å². The fourth-order valence-corrected chi connectivity index (χ4v) is 4.27. The highest BCUT2D eigenvalue weighted by Gasteiger charge is 2.21. The summed E-state index contributed by atoms with van der Waals surface area (Å²) in [6.45, 7) is 6.88. The lowest BCUT2D eigenvalue weighted by Crippen LogP contribution is -2.20. The Kier molecular flexibility index (Phi) is 7.09. The molecule has 2 N–H and O–H groups in total. The second-order valence-corrected chi connectivity index (χ2v) is 10.5. The molecule has 5 rings (SSSR count). The monoisotopic (exact) mass is 531 g/mol. The van der Waals surface area contributed by atoms with Crippen molar-refractivity contribution >= 4 is 22.3 Å². The van der Waals surface area contributed by atoms with E-state index in [1.165, 1.54) is 18.3 Å². The maximum absolute atomic E-state index is 13.8. The highest BCUT2D eigenvalue weighted by molar-refractivity contribution is 5.99. The van der Waals surface area contributed by atoms with Crippen LogP contribution in [0.3, 0.4) is 0 Å². The fourth-order valence-electron chi connectivity index (χ4n) is 4.27. The lowest BCUT2D eigenvalue weighted by molar-refractivity contribution is 0.443. The first kappa shape index (κ1) is 26.3. The van der Waals surface area contributed by atoms with E-state index in [0.717, 1.165) is 11.3 Å². The maximum atomic E-state index is 13.8. The smallest absolute Gasteiger partial charge is 0.123 e.